The number of non-ortho nitro benzene ring substituents is 1. The number of hydrogen-bond acceptors (Lipinski definition) is 6. The molecule has 3 rings (SSSR count). The number of ether oxygens (including phenoxy) is 1. The van der Waals surface area contributed by atoms with Crippen LogP contribution in [0.2, 0.25) is 0 Å². The second kappa shape index (κ2) is 7.47. The summed E-state index contributed by atoms with van der Waals surface area (Å²) in [6.07, 6.45) is -0.232. The lowest BCUT2D eigenvalue weighted by atomic mass is 10.2. The van der Waals surface area contributed by atoms with Crippen molar-refractivity contribution in [1.82, 2.24) is 8.61 Å². The van der Waals surface area contributed by atoms with Crippen LogP contribution in [0.15, 0.2) is 24.3 Å². The Labute approximate surface area is 153 Å². The van der Waals surface area contributed by atoms with Crippen molar-refractivity contribution in [2.45, 2.75) is 26.1 Å². The molecule has 0 radical (unpaired) electrons. The van der Waals surface area contributed by atoms with Gasteiger partial charge in [-0.3, -0.25) is 10.1 Å². The largest absolute Gasteiger partial charge is 0.373 e. The first kappa shape index (κ1) is 19.0. The topological polar surface area (TPSA) is 96.2 Å². The van der Waals surface area contributed by atoms with Gasteiger partial charge in [0.1, 0.15) is 0 Å². The van der Waals surface area contributed by atoms with E-state index in [2.05, 4.69) is 0 Å². The third-order valence-electron chi connectivity index (χ3n) is 4.70. The third kappa shape index (κ3) is 3.98. The number of anilines is 1. The van der Waals surface area contributed by atoms with Crippen molar-refractivity contribution in [3.8, 4) is 0 Å². The van der Waals surface area contributed by atoms with Gasteiger partial charge in [-0.1, -0.05) is 0 Å². The summed E-state index contributed by atoms with van der Waals surface area (Å²) in [4.78, 5) is 12.4. The Bertz CT molecular complexity index is 736. The van der Waals surface area contributed by atoms with Crippen molar-refractivity contribution >= 4 is 21.6 Å². The van der Waals surface area contributed by atoms with E-state index in [1.54, 1.807) is 12.1 Å². The van der Waals surface area contributed by atoms with Crippen molar-refractivity contribution < 1.29 is 18.1 Å². The fourth-order valence-corrected chi connectivity index (χ4v) is 5.19. The molecule has 0 saturated carbocycles. The van der Waals surface area contributed by atoms with E-state index in [1.807, 2.05) is 18.7 Å². The molecule has 9 nitrogen and oxygen atoms in total. The maximum atomic E-state index is 12.9. The molecule has 2 atom stereocenters. The van der Waals surface area contributed by atoms with Gasteiger partial charge < -0.3 is 9.64 Å². The van der Waals surface area contributed by atoms with Crippen LogP contribution < -0.4 is 4.90 Å². The fraction of sp³-hybridized carbons (Fsp3) is 0.625. The Morgan fingerprint density at radius 2 is 1.54 bits per heavy atom. The van der Waals surface area contributed by atoms with Gasteiger partial charge in [0.25, 0.3) is 15.9 Å². The number of morpholine rings is 1. The first-order valence-corrected chi connectivity index (χ1v) is 10.1. The van der Waals surface area contributed by atoms with Gasteiger partial charge >= 0.3 is 0 Å². The first-order valence-electron chi connectivity index (χ1n) is 8.67. The van der Waals surface area contributed by atoms with E-state index in [1.165, 1.54) is 20.7 Å². The summed E-state index contributed by atoms with van der Waals surface area (Å²) in [6.45, 7) is 6.37. The summed E-state index contributed by atoms with van der Waals surface area (Å²) in [7, 11) is -3.50. The summed E-state index contributed by atoms with van der Waals surface area (Å²) in [6, 6.07) is 6.34. The lowest BCUT2D eigenvalue weighted by molar-refractivity contribution is -0.384. The molecular weight excluding hydrogens is 360 g/mol. The molecule has 2 aliphatic heterocycles. The molecule has 26 heavy (non-hydrogen) atoms. The zero-order chi connectivity index (χ0) is 18.9. The van der Waals surface area contributed by atoms with E-state index in [0.717, 1.165) is 5.69 Å². The summed E-state index contributed by atoms with van der Waals surface area (Å²) in [5, 5.41) is 10.7. The zero-order valence-electron chi connectivity index (χ0n) is 14.9. The van der Waals surface area contributed by atoms with Crippen molar-refractivity contribution in [2.75, 3.05) is 44.2 Å². The van der Waals surface area contributed by atoms with E-state index in [9.17, 15) is 18.5 Å². The predicted octanol–water partition coefficient (Wildman–Crippen LogP) is 1.07. The Balaban J connectivity index is 1.63. The Kier molecular flexibility index (Phi) is 5.47. The lowest BCUT2D eigenvalue weighted by Crippen LogP contribution is -2.57. The van der Waals surface area contributed by atoms with Crippen LogP contribution in [0.5, 0.6) is 0 Å². The molecule has 2 heterocycles. The van der Waals surface area contributed by atoms with E-state index in [-0.39, 0.29) is 17.9 Å². The van der Waals surface area contributed by atoms with E-state index in [4.69, 9.17) is 4.74 Å². The van der Waals surface area contributed by atoms with Gasteiger partial charge in [0.05, 0.1) is 17.1 Å². The molecule has 2 aliphatic rings. The van der Waals surface area contributed by atoms with Crippen LogP contribution in [-0.4, -0.2) is 73.4 Å². The second-order valence-corrected chi connectivity index (χ2v) is 8.67. The SMILES string of the molecule is CC1CN(S(=O)(=O)N2CCN(c3ccc([N+](=O)[O-])cc3)CC2)CC(C)O1. The number of nitro benzene ring substituents is 1. The van der Waals surface area contributed by atoms with Crippen molar-refractivity contribution in [2.24, 2.45) is 0 Å². The highest BCUT2D eigenvalue weighted by Crippen LogP contribution is 2.23. The molecule has 0 spiro atoms. The van der Waals surface area contributed by atoms with Gasteiger partial charge in [-0.25, -0.2) is 0 Å². The highest BCUT2D eigenvalue weighted by atomic mass is 32.2. The molecule has 1 aromatic carbocycles. The summed E-state index contributed by atoms with van der Waals surface area (Å²) in [5.41, 5.74) is 0.909. The van der Waals surface area contributed by atoms with Crippen LogP contribution in [-0.2, 0) is 14.9 Å². The zero-order valence-corrected chi connectivity index (χ0v) is 15.8. The number of nitrogens with zero attached hydrogens (tertiary/aromatic N) is 4. The van der Waals surface area contributed by atoms with Crippen LogP contribution in [0.4, 0.5) is 11.4 Å². The maximum Gasteiger partial charge on any atom is 0.282 e. The number of rotatable bonds is 4. The molecule has 2 unspecified atom stereocenters. The molecule has 1 aromatic rings. The number of piperazine rings is 1. The molecule has 0 aromatic heterocycles. The van der Waals surface area contributed by atoms with E-state index < -0.39 is 15.1 Å². The summed E-state index contributed by atoms with van der Waals surface area (Å²) < 4.78 is 34.4. The van der Waals surface area contributed by atoms with Gasteiger partial charge in [-0.15, -0.1) is 0 Å². The van der Waals surface area contributed by atoms with Crippen molar-refractivity contribution in [3.05, 3.63) is 34.4 Å². The van der Waals surface area contributed by atoms with Crippen molar-refractivity contribution in [3.63, 3.8) is 0 Å². The molecule has 0 bridgehead atoms. The van der Waals surface area contributed by atoms with E-state index >= 15 is 0 Å². The minimum atomic E-state index is -3.50. The van der Waals surface area contributed by atoms with Crippen LogP contribution in [0.3, 0.4) is 0 Å². The maximum absolute atomic E-state index is 12.9. The van der Waals surface area contributed by atoms with Gasteiger partial charge in [0.2, 0.25) is 0 Å². The number of nitro groups is 1. The summed E-state index contributed by atoms with van der Waals surface area (Å²) >= 11 is 0. The smallest absolute Gasteiger partial charge is 0.282 e. The predicted molar refractivity (Wildman–Crippen MR) is 97.4 cm³/mol. The minimum Gasteiger partial charge on any atom is -0.373 e. The van der Waals surface area contributed by atoms with Crippen LogP contribution in [0.1, 0.15) is 13.8 Å². The fourth-order valence-electron chi connectivity index (χ4n) is 3.44. The number of hydrogen-bond donors (Lipinski definition) is 0. The van der Waals surface area contributed by atoms with Crippen molar-refractivity contribution in [1.29, 1.82) is 0 Å². The average Bonchev–Trinajstić information content (AvgIpc) is 2.61. The third-order valence-corrected chi connectivity index (χ3v) is 6.67. The van der Waals surface area contributed by atoms with E-state index in [0.29, 0.717) is 39.3 Å². The second-order valence-electron chi connectivity index (χ2n) is 6.74. The molecule has 0 aliphatic carbocycles. The molecule has 0 N–H and O–H groups in total. The highest BCUT2D eigenvalue weighted by Gasteiger charge is 2.36. The normalized spacial score (nSPS) is 26.0. The molecule has 10 heteroatoms. The molecule has 144 valence electrons. The van der Waals surface area contributed by atoms with Gasteiger partial charge in [-0.05, 0) is 26.0 Å². The lowest BCUT2D eigenvalue weighted by Gasteiger charge is -2.40. The monoisotopic (exact) mass is 384 g/mol. The first-order chi connectivity index (χ1) is 12.3. The quantitative estimate of drug-likeness (QED) is 0.569. The molecule has 2 saturated heterocycles. The summed E-state index contributed by atoms with van der Waals surface area (Å²) in [5.74, 6) is 0. The Morgan fingerprint density at radius 1 is 1.00 bits per heavy atom. The Hall–Kier alpha value is -1.75. The molecular formula is C16H24N4O5S. The average molecular weight is 384 g/mol. The van der Waals surface area contributed by atoms with Gasteiger partial charge in [0.15, 0.2) is 0 Å². The molecule has 0 amide bonds. The Morgan fingerprint density at radius 3 is 2.04 bits per heavy atom. The minimum absolute atomic E-state index is 0.0468. The van der Waals surface area contributed by atoms with Gasteiger partial charge in [-0.2, -0.15) is 17.0 Å². The van der Waals surface area contributed by atoms with Crippen LogP contribution >= 0.6 is 0 Å². The van der Waals surface area contributed by atoms with Crippen LogP contribution in [0, 0.1) is 10.1 Å². The highest BCUT2D eigenvalue weighted by molar-refractivity contribution is 7.86. The number of benzene rings is 1. The van der Waals surface area contributed by atoms with Gasteiger partial charge in [0, 0.05) is 57.1 Å². The standard InChI is InChI=1S/C16H24N4O5S/c1-13-11-19(12-14(2)25-13)26(23,24)18-9-7-17(8-10-18)15-3-5-16(6-4-15)20(21)22/h3-6,13-14H,7-12H2,1-2H3. The molecule has 2 fully saturated rings. The van der Waals surface area contributed by atoms with Crippen LogP contribution in [0.25, 0.3) is 0 Å².